The highest BCUT2D eigenvalue weighted by atomic mass is 16.5. The fourth-order valence-corrected chi connectivity index (χ4v) is 3.76. The van der Waals surface area contributed by atoms with Gasteiger partial charge in [0.25, 0.3) is 0 Å². The average Bonchev–Trinajstić information content (AvgIpc) is 3.31. The number of hydrogen-bond donors (Lipinski definition) is 1. The fourth-order valence-electron chi connectivity index (χ4n) is 3.76. The van der Waals surface area contributed by atoms with E-state index in [-0.39, 0.29) is 11.8 Å². The predicted octanol–water partition coefficient (Wildman–Crippen LogP) is 2.21. The van der Waals surface area contributed by atoms with Gasteiger partial charge in [-0.3, -0.25) is 14.7 Å². The lowest BCUT2D eigenvalue weighted by atomic mass is 9.99. The van der Waals surface area contributed by atoms with Crippen LogP contribution in [0.5, 0.6) is 5.88 Å². The molecule has 0 aromatic carbocycles. The van der Waals surface area contributed by atoms with Crippen LogP contribution in [0.2, 0.25) is 0 Å². The summed E-state index contributed by atoms with van der Waals surface area (Å²) in [4.78, 5) is 31.9. The molecule has 1 unspecified atom stereocenters. The summed E-state index contributed by atoms with van der Waals surface area (Å²) in [5.41, 5.74) is 1.49. The summed E-state index contributed by atoms with van der Waals surface area (Å²) in [6.45, 7) is 2.75. The van der Waals surface area contributed by atoms with Crippen molar-refractivity contribution in [2.24, 2.45) is 0 Å². The van der Waals surface area contributed by atoms with Crippen molar-refractivity contribution in [3.05, 3.63) is 48.4 Å². The Kier molecular flexibility index (Phi) is 7.34. The van der Waals surface area contributed by atoms with Gasteiger partial charge in [0.2, 0.25) is 23.5 Å². The minimum Gasteiger partial charge on any atom is -0.481 e. The molecular weight excluding hydrogens is 410 g/mol. The van der Waals surface area contributed by atoms with Gasteiger partial charge in [-0.15, -0.1) is 0 Å². The van der Waals surface area contributed by atoms with Gasteiger partial charge in [-0.1, -0.05) is 11.2 Å². The standard InChI is InChI=1S/C22H27N7O3/c1-31-20-6-2-5-17(26-20)15-29-12-3-4-16(7-9-25-19(30)8-13-29)22-27-21(28-32-22)18-14-23-10-11-24-18/h2,5-6,10-11,14,16H,3-4,7-9,12-13,15H2,1H3,(H,25,30). The quantitative estimate of drug-likeness (QED) is 0.640. The second-order valence-electron chi connectivity index (χ2n) is 7.72. The Balaban J connectivity index is 1.43. The van der Waals surface area contributed by atoms with Crippen LogP contribution in [-0.2, 0) is 11.3 Å². The van der Waals surface area contributed by atoms with E-state index >= 15 is 0 Å². The first kappa shape index (κ1) is 21.8. The Morgan fingerprint density at radius 3 is 3.00 bits per heavy atom. The largest absolute Gasteiger partial charge is 0.481 e. The van der Waals surface area contributed by atoms with E-state index < -0.39 is 0 Å². The number of aromatic nitrogens is 5. The number of nitrogens with one attached hydrogen (secondary N) is 1. The van der Waals surface area contributed by atoms with Gasteiger partial charge in [0, 0.05) is 50.4 Å². The maximum atomic E-state index is 12.3. The van der Waals surface area contributed by atoms with Crippen molar-refractivity contribution in [2.45, 2.75) is 38.1 Å². The van der Waals surface area contributed by atoms with Crippen LogP contribution >= 0.6 is 0 Å². The molecule has 32 heavy (non-hydrogen) atoms. The molecule has 10 heteroatoms. The molecule has 10 nitrogen and oxygen atoms in total. The van der Waals surface area contributed by atoms with Gasteiger partial charge in [-0.05, 0) is 31.9 Å². The van der Waals surface area contributed by atoms with Crippen molar-refractivity contribution < 1.29 is 14.1 Å². The minimum absolute atomic E-state index is 0.0417. The van der Waals surface area contributed by atoms with Gasteiger partial charge in [0.1, 0.15) is 5.69 Å². The summed E-state index contributed by atoms with van der Waals surface area (Å²) in [6.07, 6.45) is 7.81. The van der Waals surface area contributed by atoms with E-state index in [2.05, 4.69) is 35.3 Å². The van der Waals surface area contributed by atoms with Crippen LogP contribution in [0.4, 0.5) is 0 Å². The van der Waals surface area contributed by atoms with Crippen molar-refractivity contribution in [1.82, 2.24) is 35.3 Å². The minimum atomic E-state index is 0.0417. The SMILES string of the molecule is COc1cccc(CN2CCCC(c3nc(-c4cnccn4)no3)CCNC(=O)CC2)n1. The third-order valence-corrected chi connectivity index (χ3v) is 5.46. The summed E-state index contributed by atoms with van der Waals surface area (Å²) < 4.78 is 10.8. The van der Waals surface area contributed by atoms with E-state index in [1.807, 2.05) is 18.2 Å². The van der Waals surface area contributed by atoms with Crippen LogP contribution in [0.25, 0.3) is 11.5 Å². The topological polar surface area (TPSA) is 119 Å². The maximum Gasteiger partial charge on any atom is 0.230 e. The number of pyridine rings is 1. The Morgan fingerprint density at radius 2 is 2.16 bits per heavy atom. The summed E-state index contributed by atoms with van der Waals surface area (Å²) in [7, 11) is 1.61. The third kappa shape index (κ3) is 5.85. The maximum absolute atomic E-state index is 12.3. The average molecular weight is 438 g/mol. The van der Waals surface area contributed by atoms with Crippen molar-refractivity contribution >= 4 is 5.91 Å². The molecule has 1 amide bonds. The molecule has 4 heterocycles. The normalized spacial score (nSPS) is 18.5. The Hall–Kier alpha value is -3.40. The zero-order valence-electron chi connectivity index (χ0n) is 18.1. The molecule has 1 N–H and O–H groups in total. The number of carbonyl (C=O) groups excluding carboxylic acids is 1. The molecule has 0 spiro atoms. The number of methoxy groups -OCH3 is 1. The summed E-state index contributed by atoms with van der Waals surface area (Å²) in [5, 5.41) is 7.08. The van der Waals surface area contributed by atoms with Gasteiger partial charge in [-0.2, -0.15) is 4.98 Å². The molecule has 0 bridgehead atoms. The number of nitrogens with zero attached hydrogens (tertiary/aromatic N) is 6. The molecule has 3 aromatic heterocycles. The zero-order valence-corrected chi connectivity index (χ0v) is 18.1. The van der Waals surface area contributed by atoms with Crippen LogP contribution < -0.4 is 10.1 Å². The van der Waals surface area contributed by atoms with E-state index in [0.717, 1.165) is 31.5 Å². The Morgan fingerprint density at radius 1 is 1.22 bits per heavy atom. The third-order valence-electron chi connectivity index (χ3n) is 5.46. The molecule has 3 aromatic rings. The molecular formula is C22H27N7O3. The van der Waals surface area contributed by atoms with Gasteiger partial charge in [0.15, 0.2) is 0 Å². The van der Waals surface area contributed by atoms with Crippen molar-refractivity contribution in [1.29, 1.82) is 0 Å². The Labute approximate surface area is 186 Å². The molecule has 1 fully saturated rings. The summed E-state index contributed by atoms with van der Waals surface area (Å²) in [5.74, 6) is 1.69. The first-order valence-corrected chi connectivity index (χ1v) is 10.8. The van der Waals surface area contributed by atoms with Gasteiger partial charge in [-0.25, -0.2) is 9.97 Å². The van der Waals surface area contributed by atoms with E-state index in [9.17, 15) is 4.79 Å². The highest BCUT2D eigenvalue weighted by Crippen LogP contribution is 2.26. The van der Waals surface area contributed by atoms with E-state index in [1.54, 1.807) is 25.7 Å². The van der Waals surface area contributed by atoms with Crippen LogP contribution in [0.3, 0.4) is 0 Å². The fraction of sp³-hybridized carbons (Fsp3) is 0.455. The predicted molar refractivity (Wildman–Crippen MR) is 116 cm³/mol. The van der Waals surface area contributed by atoms with E-state index in [1.165, 1.54) is 0 Å². The smallest absolute Gasteiger partial charge is 0.230 e. The highest BCUT2D eigenvalue weighted by Gasteiger charge is 2.22. The van der Waals surface area contributed by atoms with Gasteiger partial charge in [0.05, 0.1) is 19.0 Å². The van der Waals surface area contributed by atoms with Gasteiger partial charge < -0.3 is 14.6 Å². The summed E-state index contributed by atoms with van der Waals surface area (Å²) in [6, 6.07) is 5.73. The number of carbonyl (C=O) groups is 1. The molecule has 0 radical (unpaired) electrons. The van der Waals surface area contributed by atoms with Crippen LogP contribution in [0.15, 0.2) is 41.3 Å². The van der Waals surface area contributed by atoms with Crippen molar-refractivity contribution in [2.75, 3.05) is 26.7 Å². The van der Waals surface area contributed by atoms with Crippen molar-refractivity contribution in [3.8, 4) is 17.4 Å². The van der Waals surface area contributed by atoms with Gasteiger partial charge >= 0.3 is 0 Å². The Bertz CT molecular complexity index is 1010. The lowest BCUT2D eigenvalue weighted by Crippen LogP contribution is -2.31. The molecule has 1 saturated heterocycles. The molecule has 0 saturated carbocycles. The van der Waals surface area contributed by atoms with Crippen LogP contribution in [-0.4, -0.2) is 62.6 Å². The van der Waals surface area contributed by atoms with E-state index in [0.29, 0.717) is 49.3 Å². The second kappa shape index (κ2) is 10.8. The first-order chi connectivity index (χ1) is 15.7. The van der Waals surface area contributed by atoms with Crippen LogP contribution in [0, 0.1) is 0 Å². The monoisotopic (exact) mass is 437 g/mol. The molecule has 1 aliphatic heterocycles. The number of rotatable bonds is 5. The van der Waals surface area contributed by atoms with Crippen LogP contribution in [0.1, 0.15) is 43.2 Å². The molecule has 1 atom stereocenters. The number of ether oxygens (including phenoxy) is 1. The summed E-state index contributed by atoms with van der Waals surface area (Å²) >= 11 is 0. The van der Waals surface area contributed by atoms with E-state index in [4.69, 9.17) is 9.26 Å². The van der Waals surface area contributed by atoms with Crippen molar-refractivity contribution in [3.63, 3.8) is 0 Å². The molecule has 1 aliphatic rings. The molecule has 4 rings (SSSR count). The second-order valence-corrected chi connectivity index (χ2v) is 7.72. The number of amides is 1. The lowest BCUT2D eigenvalue weighted by Gasteiger charge is -2.22. The lowest BCUT2D eigenvalue weighted by molar-refractivity contribution is -0.121. The first-order valence-electron chi connectivity index (χ1n) is 10.8. The number of hydrogen-bond acceptors (Lipinski definition) is 9. The molecule has 0 aliphatic carbocycles. The zero-order chi connectivity index (χ0) is 22.2. The highest BCUT2D eigenvalue weighted by molar-refractivity contribution is 5.76. The molecule has 168 valence electrons.